The van der Waals surface area contributed by atoms with Gasteiger partial charge in [-0.25, -0.2) is 9.97 Å². The quantitative estimate of drug-likeness (QED) is 0.452. The van der Waals surface area contributed by atoms with Gasteiger partial charge in [-0.15, -0.1) is 0 Å². The van der Waals surface area contributed by atoms with E-state index in [0.717, 1.165) is 22.5 Å². The molecule has 4 aromatic rings. The summed E-state index contributed by atoms with van der Waals surface area (Å²) in [4.78, 5) is 21.6. The number of hydrogen-bond donors (Lipinski definition) is 2. The Labute approximate surface area is 175 Å². The molecule has 1 heterocycles. The van der Waals surface area contributed by atoms with E-state index in [0.29, 0.717) is 17.2 Å². The molecule has 0 aliphatic carbocycles. The van der Waals surface area contributed by atoms with Crippen molar-refractivity contribution in [2.75, 3.05) is 10.6 Å². The summed E-state index contributed by atoms with van der Waals surface area (Å²) in [6.07, 6.45) is 1.72. The first-order valence-electron chi connectivity index (χ1n) is 9.73. The lowest BCUT2D eigenvalue weighted by molar-refractivity contribution is 0.102. The first kappa shape index (κ1) is 19.3. The number of benzene rings is 3. The molecular weight excluding hydrogens is 372 g/mol. The number of carbonyl (C=O) groups is 1. The van der Waals surface area contributed by atoms with Crippen molar-refractivity contribution in [2.24, 2.45) is 0 Å². The Morgan fingerprint density at radius 1 is 0.867 bits per heavy atom. The fourth-order valence-electron chi connectivity index (χ4n) is 3.06. The molecule has 0 saturated carbocycles. The highest BCUT2D eigenvalue weighted by Crippen LogP contribution is 2.21. The minimum absolute atomic E-state index is 0.156. The maximum absolute atomic E-state index is 12.7. The van der Waals surface area contributed by atoms with Crippen molar-refractivity contribution >= 4 is 23.1 Å². The van der Waals surface area contributed by atoms with Crippen LogP contribution in [0.3, 0.4) is 0 Å². The Bertz CT molecular complexity index is 1190. The van der Waals surface area contributed by atoms with Gasteiger partial charge in [0.2, 0.25) is 0 Å². The van der Waals surface area contributed by atoms with Gasteiger partial charge >= 0.3 is 0 Å². The van der Waals surface area contributed by atoms with Crippen molar-refractivity contribution < 1.29 is 4.79 Å². The van der Waals surface area contributed by atoms with Crippen molar-refractivity contribution in [1.82, 2.24) is 9.97 Å². The van der Waals surface area contributed by atoms with Gasteiger partial charge < -0.3 is 10.6 Å². The summed E-state index contributed by atoms with van der Waals surface area (Å²) in [5.41, 5.74) is 5.31. The first-order valence-corrected chi connectivity index (χ1v) is 9.73. The van der Waals surface area contributed by atoms with E-state index in [1.54, 1.807) is 24.4 Å². The summed E-state index contributed by atoms with van der Waals surface area (Å²) in [5.74, 6) is 1.15. The number of para-hydroxylation sites is 1. The summed E-state index contributed by atoms with van der Waals surface area (Å²) < 4.78 is 0. The van der Waals surface area contributed by atoms with Crippen LogP contribution in [0.25, 0.3) is 11.4 Å². The van der Waals surface area contributed by atoms with Crippen LogP contribution in [0, 0.1) is 13.8 Å². The minimum Gasteiger partial charge on any atom is -0.340 e. The maximum Gasteiger partial charge on any atom is 0.255 e. The summed E-state index contributed by atoms with van der Waals surface area (Å²) in [6, 6.07) is 24.9. The number of nitrogens with zero attached hydrogens (tertiary/aromatic N) is 2. The lowest BCUT2D eigenvalue weighted by Crippen LogP contribution is -2.12. The SMILES string of the molecule is Cc1ccc(-c2nccc(Nc3cccc(C(=O)Nc4ccccc4C)c3)n2)cc1. The zero-order valence-corrected chi connectivity index (χ0v) is 16.9. The van der Waals surface area contributed by atoms with Gasteiger partial charge in [0.15, 0.2) is 5.82 Å². The predicted octanol–water partition coefficient (Wildman–Crippen LogP) is 5.76. The average Bonchev–Trinajstić information content (AvgIpc) is 2.76. The lowest BCUT2D eigenvalue weighted by atomic mass is 10.1. The molecule has 3 aromatic carbocycles. The van der Waals surface area contributed by atoms with Gasteiger partial charge in [-0.3, -0.25) is 4.79 Å². The Morgan fingerprint density at radius 2 is 1.67 bits per heavy atom. The third-order valence-corrected chi connectivity index (χ3v) is 4.76. The zero-order chi connectivity index (χ0) is 20.9. The van der Waals surface area contributed by atoms with Crippen LogP contribution in [-0.2, 0) is 0 Å². The van der Waals surface area contributed by atoms with E-state index in [1.165, 1.54) is 5.56 Å². The predicted molar refractivity (Wildman–Crippen MR) is 121 cm³/mol. The number of aryl methyl sites for hydroxylation is 2. The average molecular weight is 394 g/mol. The van der Waals surface area contributed by atoms with Crippen LogP contribution in [0.15, 0.2) is 85.1 Å². The molecule has 5 heteroatoms. The molecule has 0 spiro atoms. The number of hydrogen-bond acceptors (Lipinski definition) is 4. The van der Waals surface area contributed by atoms with Gasteiger partial charge in [0.05, 0.1) is 0 Å². The molecule has 0 atom stereocenters. The molecule has 0 aliphatic heterocycles. The summed E-state index contributed by atoms with van der Waals surface area (Å²) >= 11 is 0. The number of nitrogens with one attached hydrogen (secondary N) is 2. The molecule has 0 aliphatic rings. The van der Waals surface area contributed by atoms with Crippen LogP contribution in [-0.4, -0.2) is 15.9 Å². The van der Waals surface area contributed by atoms with Crippen LogP contribution in [0.4, 0.5) is 17.2 Å². The topological polar surface area (TPSA) is 66.9 Å². The second kappa shape index (κ2) is 8.57. The molecule has 0 saturated heterocycles. The largest absolute Gasteiger partial charge is 0.340 e. The zero-order valence-electron chi connectivity index (χ0n) is 16.9. The van der Waals surface area contributed by atoms with Crippen molar-refractivity contribution in [2.45, 2.75) is 13.8 Å². The van der Waals surface area contributed by atoms with Gasteiger partial charge in [-0.05, 0) is 49.7 Å². The van der Waals surface area contributed by atoms with E-state index in [1.807, 2.05) is 74.5 Å². The van der Waals surface area contributed by atoms with Crippen molar-refractivity contribution in [3.8, 4) is 11.4 Å². The molecule has 1 aromatic heterocycles. The second-order valence-corrected chi connectivity index (χ2v) is 7.11. The Morgan fingerprint density at radius 3 is 2.47 bits per heavy atom. The molecule has 2 N–H and O–H groups in total. The number of aromatic nitrogens is 2. The minimum atomic E-state index is -0.156. The first-order chi connectivity index (χ1) is 14.6. The smallest absolute Gasteiger partial charge is 0.255 e. The number of anilines is 3. The lowest BCUT2D eigenvalue weighted by Gasteiger charge is -2.10. The molecule has 0 fully saturated rings. The van der Waals surface area contributed by atoms with Crippen molar-refractivity contribution in [1.29, 1.82) is 0 Å². The molecule has 4 rings (SSSR count). The normalized spacial score (nSPS) is 10.5. The highest BCUT2D eigenvalue weighted by atomic mass is 16.1. The van der Waals surface area contributed by atoms with Gasteiger partial charge in [-0.1, -0.05) is 54.1 Å². The highest BCUT2D eigenvalue weighted by molar-refractivity contribution is 6.05. The molecule has 1 amide bonds. The number of amides is 1. The van der Waals surface area contributed by atoms with E-state index in [4.69, 9.17) is 0 Å². The summed E-state index contributed by atoms with van der Waals surface area (Å²) in [6.45, 7) is 4.01. The van der Waals surface area contributed by atoms with Gasteiger partial charge in [0.1, 0.15) is 5.82 Å². The van der Waals surface area contributed by atoms with Crippen LogP contribution in [0.2, 0.25) is 0 Å². The Hall–Kier alpha value is -3.99. The van der Waals surface area contributed by atoms with Gasteiger partial charge in [0.25, 0.3) is 5.91 Å². The number of carbonyl (C=O) groups excluding carboxylic acids is 1. The molecule has 0 unspecified atom stereocenters. The van der Waals surface area contributed by atoms with Crippen LogP contribution >= 0.6 is 0 Å². The van der Waals surface area contributed by atoms with Crippen LogP contribution < -0.4 is 10.6 Å². The number of rotatable bonds is 5. The molecular formula is C25H22N4O. The van der Waals surface area contributed by atoms with Crippen LogP contribution in [0.5, 0.6) is 0 Å². The molecule has 30 heavy (non-hydrogen) atoms. The van der Waals surface area contributed by atoms with E-state index >= 15 is 0 Å². The van der Waals surface area contributed by atoms with E-state index in [9.17, 15) is 4.79 Å². The Kier molecular flexibility index (Phi) is 5.52. The summed E-state index contributed by atoms with van der Waals surface area (Å²) in [7, 11) is 0. The molecule has 148 valence electrons. The highest BCUT2D eigenvalue weighted by Gasteiger charge is 2.09. The van der Waals surface area contributed by atoms with Gasteiger partial charge in [-0.2, -0.15) is 0 Å². The third kappa shape index (κ3) is 4.52. The molecule has 0 bridgehead atoms. The fourth-order valence-corrected chi connectivity index (χ4v) is 3.06. The monoisotopic (exact) mass is 394 g/mol. The Balaban J connectivity index is 1.52. The van der Waals surface area contributed by atoms with E-state index < -0.39 is 0 Å². The van der Waals surface area contributed by atoms with Crippen molar-refractivity contribution in [3.05, 3.63) is 102 Å². The van der Waals surface area contributed by atoms with Crippen LogP contribution in [0.1, 0.15) is 21.5 Å². The fraction of sp³-hybridized carbons (Fsp3) is 0.0800. The second-order valence-electron chi connectivity index (χ2n) is 7.11. The van der Waals surface area contributed by atoms with Crippen molar-refractivity contribution in [3.63, 3.8) is 0 Å². The standard InChI is InChI=1S/C25H22N4O/c1-17-10-12-19(13-11-17)24-26-15-14-23(29-24)27-21-8-5-7-20(16-21)25(30)28-22-9-4-3-6-18(22)2/h3-16H,1-2H3,(H,28,30)(H,26,27,29). The maximum atomic E-state index is 12.7. The van der Waals surface area contributed by atoms with Gasteiger partial charge in [0, 0.05) is 28.7 Å². The van der Waals surface area contributed by atoms with E-state index in [-0.39, 0.29) is 5.91 Å². The third-order valence-electron chi connectivity index (χ3n) is 4.76. The summed E-state index contributed by atoms with van der Waals surface area (Å²) in [5, 5.41) is 6.23. The molecule has 5 nitrogen and oxygen atoms in total. The van der Waals surface area contributed by atoms with E-state index in [2.05, 4.69) is 20.6 Å². The molecule has 0 radical (unpaired) electrons.